The summed E-state index contributed by atoms with van der Waals surface area (Å²) in [6.45, 7) is 13.9. The Balaban J connectivity index is 1.93. The van der Waals surface area contributed by atoms with Crippen molar-refractivity contribution in [3.63, 3.8) is 0 Å². The average Bonchev–Trinajstić information content (AvgIpc) is 2.84. The van der Waals surface area contributed by atoms with E-state index in [1.54, 1.807) is 0 Å². The fourth-order valence-electron chi connectivity index (χ4n) is 3.19. The third-order valence-electron chi connectivity index (χ3n) is 5.17. The van der Waals surface area contributed by atoms with Crippen molar-refractivity contribution in [2.75, 3.05) is 6.54 Å². The van der Waals surface area contributed by atoms with E-state index >= 15 is 0 Å². The van der Waals surface area contributed by atoms with Crippen molar-refractivity contribution in [2.24, 2.45) is 5.92 Å². The first-order chi connectivity index (χ1) is 10.6. The van der Waals surface area contributed by atoms with Gasteiger partial charge in [0.1, 0.15) is 0 Å². The van der Waals surface area contributed by atoms with Crippen LogP contribution in [-0.4, -0.2) is 35.7 Å². The van der Waals surface area contributed by atoms with Crippen molar-refractivity contribution in [3.05, 3.63) is 29.3 Å². The van der Waals surface area contributed by atoms with Crippen molar-refractivity contribution in [2.45, 2.75) is 59.3 Å². The zero-order valence-electron chi connectivity index (χ0n) is 15.0. The average molecular weight is 315 g/mol. The summed E-state index contributed by atoms with van der Waals surface area (Å²) >= 11 is 0. The van der Waals surface area contributed by atoms with Crippen molar-refractivity contribution in [1.29, 1.82) is 0 Å². The first-order valence-electron chi connectivity index (χ1n) is 8.39. The molecular weight excluding hydrogens is 289 g/mol. The van der Waals surface area contributed by atoms with Gasteiger partial charge in [-0.25, -0.2) is 0 Å². The first kappa shape index (κ1) is 16.5. The fraction of sp³-hybridized carbons (Fsp3) is 0.611. The minimum Gasteiger partial charge on any atom is -0.399 e. The summed E-state index contributed by atoms with van der Waals surface area (Å²) < 4.78 is 12.3. The molecule has 2 aliphatic rings. The molecular formula is C18H26BNO3. The summed E-state index contributed by atoms with van der Waals surface area (Å²) in [6, 6.07) is 5.86. The van der Waals surface area contributed by atoms with Gasteiger partial charge in [0.25, 0.3) is 5.91 Å². The van der Waals surface area contributed by atoms with E-state index in [2.05, 4.69) is 13.8 Å². The second kappa shape index (κ2) is 5.35. The molecule has 0 bridgehead atoms. The summed E-state index contributed by atoms with van der Waals surface area (Å²) in [5, 5.41) is 0. The maximum Gasteiger partial charge on any atom is 0.495 e. The number of carbonyl (C=O) groups excluding carboxylic acids is 1. The molecule has 0 aliphatic carbocycles. The summed E-state index contributed by atoms with van der Waals surface area (Å²) in [5.41, 5.74) is 2.08. The van der Waals surface area contributed by atoms with Crippen molar-refractivity contribution in [3.8, 4) is 0 Å². The molecule has 0 radical (unpaired) electrons. The second-order valence-electron chi connectivity index (χ2n) is 8.04. The second-order valence-corrected chi connectivity index (χ2v) is 8.04. The lowest BCUT2D eigenvalue weighted by atomic mass is 9.75. The van der Waals surface area contributed by atoms with Crippen molar-refractivity contribution in [1.82, 2.24) is 4.90 Å². The van der Waals surface area contributed by atoms with Gasteiger partial charge in [0.2, 0.25) is 0 Å². The summed E-state index contributed by atoms with van der Waals surface area (Å²) in [5.74, 6) is 0.570. The van der Waals surface area contributed by atoms with Crippen LogP contribution in [0.15, 0.2) is 18.2 Å². The third-order valence-corrected chi connectivity index (χ3v) is 5.17. The summed E-state index contributed by atoms with van der Waals surface area (Å²) in [7, 11) is -0.415. The highest BCUT2D eigenvalue weighted by molar-refractivity contribution is 6.62. The molecule has 5 heteroatoms. The number of nitrogens with zero attached hydrogens (tertiary/aromatic N) is 1. The lowest BCUT2D eigenvalue weighted by Crippen LogP contribution is -2.41. The molecule has 23 heavy (non-hydrogen) atoms. The molecule has 0 spiro atoms. The summed E-state index contributed by atoms with van der Waals surface area (Å²) in [4.78, 5) is 14.5. The van der Waals surface area contributed by atoms with Gasteiger partial charge in [0.05, 0.1) is 11.2 Å². The maximum atomic E-state index is 12.6. The van der Waals surface area contributed by atoms with E-state index < -0.39 is 7.12 Å². The molecule has 0 aromatic heterocycles. The standard InChI is InChI=1S/C18H26BNO3/c1-12(2)10-20-11-14-13(16(20)21)8-7-9-15(14)19-22-17(3,4)18(5,6)23-19/h7-9,12H,10-11H2,1-6H3. The first-order valence-corrected chi connectivity index (χ1v) is 8.39. The molecule has 0 saturated carbocycles. The minimum atomic E-state index is -0.415. The highest BCUT2D eigenvalue weighted by atomic mass is 16.7. The van der Waals surface area contributed by atoms with Gasteiger partial charge < -0.3 is 14.2 Å². The maximum absolute atomic E-state index is 12.6. The quantitative estimate of drug-likeness (QED) is 0.805. The Morgan fingerprint density at radius 1 is 1.17 bits per heavy atom. The van der Waals surface area contributed by atoms with E-state index in [-0.39, 0.29) is 17.1 Å². The monoisotopic (exact) mass is 315 g/mol. The normalized spacial score (nSPS) is 22.1. The molecule has 3 rings (SSSR count). The number of amides is 1. The van der Waals surface area contributed by atoms with Crippen molar-refractivity contribution < 1.29 is 14.1 Å². The predicted molar refractivity (Wildman–Crippen MR) is 91.7 cm³/mol. The molecule has 4 nitrogen and oxygen atoms in total. The Bertz CT molecular complexity index is 623. The van der Waals surface area contributed by atoms with Crippen LogP contribution in [0.5, 0.6) is 0 Å². The molecule has 0 unspecified atom stereocenters. The fourth-order valence-corrected chi connectivity index (χ4v) is 3.19. The van der Waals surface area contributed by atoms with E-state index in [0.717, 1.165) is 23.1 Å². The van der Waals surface area contributed by atoms with E-state index in [4.69, 9.17) is 9.31 Å². The predicted octanol–water partition coefficient (Wildman–Crippen LogP) is 2.60. The van der Waals surface area contributed by atoms with Crippen molar-refractivity contribution >= 4 is 18.5 Å². The number of benzene rings is 1. The van der Waals surface area contributed by atoms with Gasteiger partial charge in [0.15, 0.2) is 0 Å². The molecule has 1 amide bonds. The molecule has 1 fully saturated rings. The van der Waals surface area contributed by atoms with Gasteiger partial charge in [-0.15, -0.1) is 0 Å². The van der Waals surface area contributed by atoms with Crippen LogP contribution in [0.3, 0.4) is 0 Å². The highest BCUT2D eigenvalue weighted by Gasteiger charge is 2.52. The van der Waals surface area contributed by atoms with Gasteiger partial charge in [-0.2, -0.15) is 0 Å². The van der Waals surface area contributed by atoms with Crippen LogP contribution in [0, 0.1) is 5.92 Å². The van der Waals surface area contributed by atoms with Gasteiger partial charge in [-0.3, -0.25) is 4.79 Å². The SMILES string of the molecule is CC(C)CN1Cc2c(B3OC(C)(C)C(C)(C)O3)cccc2C1=O. The minimum absolute atomic E-state index is 0.118. The van der Waals surface area contributed by atoms with Crippen LogP contribution in [0.4, 0.5) is 0 Å². The number of fused-ring (bicyclic) bond motifs is 1. The highest BCUT2D eigenvalue weighted by Crippen LogP contribution is 2.37. The lowest BCUT2D eigenvalue weighted by Gasteiger charge is -2.32. The molecule has 124 valence electrons. The number of hydrogen-bond acceptors (Lipinski definition) is 3. The smallest absolute Gasteiger partial charge is 0.399 e. The Morgan fingerprint density at radius 2 is 1.78 bits per heavy atom. The van der Waals surface area contributed by atoms with Gasteiger partial charge in [0, 0.05) is 18.7 Å². The Hall–Kier alpha value is -1.33. The van der Waals surface area contributed by atoms with Crippen LogP contribution >= 0.6 is 0 Å². The third kappa shape index (κ3) is 2.70. The number of rotatable bonds is 3. The molecule has 2 heterocycles. The molecule has 2 aliphatic heterocycles. The zero-order chi connectivity index (χ0) is 17.0. The van der Waals surface area contributed by atoms with E-state index in [1.807, 2.05) is 50.8 Å². The van der Waals surface area contributed by atoms with Gasteiger partial charge >= 0.3 is 7.12 Å². The molecule has 1 aromatic carbocycles. The van der Waals surface area contributed by atoms with Crippen LogP contribution in [0.2, 0.25) is 0 Å². The summed E-state index contributed by atoms with van der Waals surface area (Å²) in [6.07, 6.45) is 0. The molecule has 1 aromatic rings. The van der Waals surface area contributed by atoms with Crippen LogP contribution < -0.4 is 5.46 Å². The molecule has 0 atom stereocenters. The van der Waals surface area contributed by atoms with Crippen LogP contribution in [0.1, 0.15) is 57.5 Å². The Labute approximate surface area is 139 Å². The molecule has 0 N–H and O–H groups in total. The number of carbonyl (C=O) groups is 1. The van der Waals surface area contributed by atoms with E-state index in [0.29, 0.717) is 12.5 Å². The largest absolute Gasteiger partial charge is 0.495 e. The Morgan fingerprint density at radius 3 is 2.35 bits per heavy atom. The van der Waals surface area contributed by atoms with Gasteiger partial charge in [-0.1, -0.05) is 26.0 Å². The van der Waals surface area contributed by atoms with E-state index in [9.17, 15) is 4.79 Å². The molecule has 1 saturated heterocycles. The zero-order valence-corrected chi connectivity index (χ0v) is 15.0. The topological polar surface area (TPSA) is 38.8 Å². The number of hydrogen-bond donors (Lipinski definition) is 0. The van der Waals surface area contributed by atoms with Crippen LogP contribution in [-0.2, 0) is 15.9 Å². The Kier molecular flexibility index (Phi) is 3.85. The lowest BCUT2D eigenvalue weighted by molar-refractivity contribution is 0.00578. The van der Waals surface area contributed by atoms with Crippen LogP contribution in [0.25, 0.3) is 0 Å². The van der Waals surface area contributed by atoms with E-state index in [1.165, 1.54) is 0 Å². The van der Waals surface area contributed by atoms with Gasteiger partial charge in [-0.05, 0) is 50.7 Å².